The van der Waals surface area contributed by atoms with Gasteiger partial charge in [-0.15, -0.1) is 0 Å². The molecular formula is C13H14FNO2. The summed E-state index contributed by atoms with van der Waals surface area (Å²) < 4.78 is 24.3. The van der Waals surface area contributed by atoms with Gasteiger partial charge in [0.15, 0.2) is 0 Å². The fourth-order valence-corrected chi connectivity index (χ4v) is 1.87. The molecule has 3 nitrogen and oxygen atoms in total. The predicted octanol–water partition coefficient (Wildman–Crippen LogP) is 2.64. The van der Waals surface area contributed by atoms with Gasteiger partial charge in [0.2, 0.25) is 0 Å². The van der Waals surface area contributed by atoms with E-state index < -0.39 is 5.82 Å². The summed E-state index contributed by atoms with van der Waals surface area (Å²) >= 11 is 0. The van der Waals surface area contributed by atoms with E-state index in [1.807, 2.05) is 6.92 Å². The van der Waals surface area contributed by atoms with Crippen molar-refractivity contribution in [3.63, 3.8) is 0 Å². The van der Waals surface area contributed by atoms with Crippen LogP contribution >= 0.6 is 0 Å². The largest absolute Gasteiger partial charge is 0.491 e. The highest BCUT2D eigenvalue weighted by atomic mass is 19.1. The second kappa shape index (κ2) is 5.15. The van der Waals surface area contributed by atoms with Gasteiger partial charge in [-0.1, -0.05) is 0 Å². The average Bonchev–Trinajstić information content (AvgIpc) is 2.73. The van der Waals surface area contributed by atoms with Crippen molar-refractivity contribution in [3.05, 3.63) is 29.6 Å². The van der Waals surface area contributed by atoms with Crippen molar-refractivity contribution >= 4 is 0 Å². The Hall–Kier alpha value is -1.60. The van der Waals surface area contributed by atoms with Crippen molar-refractivity contribution in [2.24, 2.45) is 0 Å². The maximum atomic E-state index is 13.3. The molecule has 0 N–H and O–H groups in total. The smallest absolute Gasteiger partial charge is 0.144 e. The molecule has 1 aliphatic heterocycles. The first-order chi connectivity index (χ1) is 8.19. The van der Waals surface area contributed by atoms with Gasteiger partial charge in [-0.25, -0.2) is 4.39 Å². The van der Waals surface area contributed by atoms with Gasteiger partial charge in [0.25, 0.3) is 0 Å². The number of rotatable bonds is 3. The summed E-state index contributed by atoms with van der Waals surface area (Å²) in [6, 6.07) is 6.02. The minimum absolute atomic E-state index is 0.0306. The van der Waals surface area contributed by atoms with Crippen LogP contribution in [-0.2, 0) is 4.74 Å². The molecule has 1 aliphatic rings. The molecule has 1 aromatic rings. The fraction of sp³-hybridized carbons (Fsp3) is 0.462. The van der Waals surface area contributed by atoms with Gasteiger partial charge in [0.1, 0.15) is 24.2 Å². The lowest BCUT2D eigenvalue weighted by atomic mass is 10.2. The van der Waals surface area contributed by atoms with E-state index in [4.69, 9.17) is 14.7 Å². The molecule has 90 valence electrons. The van der Waals surface area contributed by atoms with Crippen molar-refractivity contribution in [2.45, 2.75) is 32.0 Å². The van der Waals surface area contributed by atoms with Gasteiger partial charge in [-0.2, -0.15) is 5.26 Å². The van der Waals surface area contributed by atoms with Crippen molar-refractivity contribution in [1.29, 1.82) is 5.26 Å². The summed E-state index contributed by atoms with van der Waals surface area (Å²) in [4.78, 5) is 0. The van der Waals surface area contributed by atoms with Crippen LogP contribution in [-0.4, -0.2) is 18.8 Å². The van der Waals surface area contributed by atoms with E-state index in [2.05, 4.69) is 0 Å². The zero-order valence-corrected chi connectivity index (χ0v) is 9.65. The first-order valence-electron chi connectivity index (χ1n) is 5.67. The summed E-state index contributed by atoms with van der Waals surface area (Å²) in [5, 5.41) is 8.59. The molecule has 1 saturated heterocycles. The zero-order valence-electron chi connectivity index (χ0n) is 9.65. The third kappa shape index (κ3) is 2.95. The van der Waals surface area contributed by atoms with Crippen LogP contribution in [0.25, 0.3) is 0 Å². The summed E-state index contributed by atoms with van der Waals surface area (Å²) in [5.74, 6) is -0.115. The molecule has 17 heavy (non-hydrogen) atoms. The number of ether oxygens (including phenoxy) is 2. The van der Waals surface area contributed by atoms with Crippen LogP contribution in [0.15, 0.2) is 18.2 Å². The Morgan fingerprint density at radius 1 is 1.53 bits per heavy atom. The molecule has 2 rings (SSSR count). The molecule has 2 atom stereocenters. The Labute approximate surface area is 99.8 Å². The van der Waals surface area contributed by atoms with Gasteiger partial charge >= 0.3 is 0 Å². The Bertz CT molecular complexity index is 442. The minimum Gasteiger partial charge on any atom is -0.491 e. The minimum atomic E-state index is -0.550. The molecule has 1 fully saturated rings. The second-order valence-corrected chi connectivity index (χ2v) is 4.21. The van der Waals surface area contributed by atoms with Crippen LogP contribution in [0, 0.1) is 17.1 Å². The summed E-state index contributed by atoms with van der Waals surface area (Å²) in [6.07, 6.45) is 2.38. The molecule has 0 aromatic heterocycles. The Morgan fingerprint density at radius 3 is 2.94 bits per heavy atom. The summed E-state index contributed by atoms with van der Waals surface area (Å²) in [6.45, 7) is 2.46. The number of hydrogen-bond acceptors (Lipinski definition) is 3. The first kappa shape index (κ1) is 11.9. The lowest BCUT2D eigenvalue weighted by molar-refractivity contribution is 0.0264. The maximum Gasteiger partial charge on any atom is 0.144 e. The predicted molar refractivity (Wildman–Crippen MR) is 60.2 cm³/mol. The topological polar surface area (TPSA) is 42.2 Å². The standard InChI is InChI=1S/C13H14FNO2/c1-9-2-4-12(17-9)8-16-11-5-3-10(7-15)13(14)6-11/h3,5-6,9,12H,2,4,8H2,1H3. The third-order valence-electron chi connectivity index (χ3n) is 2.82. The van der Waals surface area contributed by atoms with Crippen molar-refractivity contribution < 1.29 is 13.9 Å². The molecule has 1 heterocycles. The molecule has 1 aromatic carbocycles. The molecular weight excluding hydrogens is 221 g/mol. The van der Waals surface area contributed by atoms with Crippen molar-refractivity contribution in [2.75, 3.05) is 6.61 Å². The second-order valence-electron chi connectivity index (χ2n) is 4.21. The SMILES string of the molecule is CC1CCC(COc2ccc(C#N)c(F)c2)O1. The summed E-state index contributed by atoms with van der Waals surface area (Å²) in [5.41, 5.74) is 0.0306. The molecule has 0 amide bonds. The average molecular weight is 235 g/mol. The number of nitriles is 1. The Kier molecular flexibility index (Phi) is 3.60. The van der Waals surface area contributed by atoms with E-state index >= 15 is 0 Å². The normalized spacial score (nSPS) is 23.4. The highest BCUT2D eigenvalue weighted by Gasteiger charge is 2.22. The van der Waals surface area contributed by atoms with E-state index in [0.29, 0.717) is 12.4 Å². The molecule has 4 heteroatoms. The lowest BCUT2D eigenvalue weighted by Crippen LogP contribution is -2.17. The first-order valence-corrected chi connectivity index (χ1v) is 5.67. The van der Waals surface area contributed by atoms with Crippen LogP contribution in [0.2, 0.25) is 0 Å². The quantitative estimate of drug-likeness (QED) is 0.808. The molecule has 0 saturated carbocycles. The highest BCUT2D eigenvalue weighted by Crippen LogP contribution is 2.21. The maximum absolute atomic E-state index is 13.3. The van der Waals surface area contributed by atoms with Crippen molar-refractivity contribution in [1.82, 2.24) is 0 Å². The van der Waals surface area contributed by atoms with Gasteiger partial charge in [-0.3, -0.25) is 0 Å². The third-order valence-corrected chi connectivity index (χ3v) is 2.82. The van der Waals surface area contributed by atoms with Crippen LogP contribution in [0.5, 0.6) is 5.75 Å². The van der Waals surface area contributed by atoms with Crippen LogP contribution in [0.1, 0.15) is 25.3 Å². The van der Waals surface area contributed by atoms with Crippen molar-refractivity contribution in [3.8, 4) is 11.8 Å². The van der Waals surface area contributed by atoms with Gasteiger partial charge < -0.3 is 9.47 Å². The Balaban J connectivity index is 1.91. The van der Waals surface area contributed by atoms with Crippen LogP contribution in [0.4, 0.5) is 4.39 Å². The van der Waals surface area contributed by atoms with E-state index in [1.54, 1.807) is 12.1 Å². The van der Waals surface area contributed by atoms with E-state index in [9.17, 15) is 4.39 Å². The van der Waals surface area contributed by atoms with E-state index in [1.165, 1.54) is 12.1 Å². The monoisotopic (exact) mass is 235 g/mol. The highest BCUT2D eigenvalue weighted by molar-refractivity contribution is 5.36. The van der Waals surface area contributed by atoms with E-state index in [-0.39, 0.29) is 17.8 Å². The lowest BCUT2D eigenvalue weighted by Gasteiger charge is -2.12. The molecule has 2 unspecified atom stereocenters. The van der Waals surface area contributed by atoms with Crippen LogP contribution < -0.4 is 4.74 Å². The van der Waals surface area contributed by atoms with Gasteiger partial charge in [-0.05, 0) is 31.9 Å². The molecule has 0 radical (unpaired) electrons. The molecule has 0 spiro atoms. The zero-order chi connectivity index (χ0) is 12.3. The van der Waals surface area contributed by atoms with E-state index in [0.717, 1.165) is 12.8 Å². The fourth-order valence-electron chi connectivity index (χ4n) is 1.87. The number of hydrogen-bond donors (Lipinski definition) is 0. The number of benzene rings is 1. The van der Waals surface area contributed by atoms with Crippen LogP contribution in [0.3, 0.4) is 0 Å². The van der Waals surface area contributed by atoms with Gasteiger partial charge in [0, 0.05) is 6.07 Å². The number of halogens is 1. The summed E-state index contributed by atoms with van der Waals surface area (Å²) in [7, 11) is 0. The van der Waals surface area contributed by atoms with Gasteiger partial charge in [0.05, 0.1) is 17.8 Å². The molecule has 0 aliphatic carbocycles. The number of nitrogens with zero attached hydrogens (tertiary/aromatic N) is 1. The molecule has 0 bridgehead atoms. The Morgan fingerprint density at radius 2 is 2.35 bits per heavy atom.